The maximum atomic E-state index is 11.2. The standard InChI is InChI=1S/C29H24N2O3/c1-2-29(32)34-20-24-10-8-22(9-11-24)6-7-23-12-14-26(15-13-23)33-21-25-16-18-31-28(19-25)27-5-3-4-17-30-27/h2-19H,1,20-21H2. The Morgan fingerprint density at radius 3 is 2.15 bits per heavy atom. The number of rotatable bonds is 9. The van der Waals surface area contributed by atoms with E-state index in [0.29, 0.717) is 6.61 Å². The summed E-state index contributed by atoms with van der Waals surface area (Å²) in [6.07, 6.45) is 8.77. The predicted molar refractivity (Wildman–Crippen MR) is 134 cm³/mol. The van der Waals surface area contributed by atoms with Crippen molar-refractivity contribution >= 4 is 18.1 Å². The van der Waals surface area contributed by atoms with E-state index < -0.39 is 5.97 Å². The fourth-order valence-corrected chi connectivity index (χ4v) is 3.19. The van der Waals surface area contributed by atoms with Crippen LogP contribution in [0.25, 0.3) is 23.5 Å². The van der Waals surface area contributed by atoms with Gasteiger partial charge < -0.3 is 9.47 Å². The van der Waals surface area contributed by atoms with Gasteiger partial charge in [-0.15, -0.1) is 0 Å². The quantitative estimate of drug-likeness (QED) is 0.175. The summed E-state index contributed by atoms with van der Waals surface area (Å²) in [5, 5.41) is 0. The molecule has 2 aromatic heterocycles. The molecular weight excluding hydrogens is 424 g/mol. The molecule has 2 heterocycles. The molecule has 0 saturated carbocycles. The molecule has 168 valence electrons. The molecule has 0 bridgehead atoms. The van der Waals surface area contributed by atoms with Crippen LogP contribution < -0.4 is 4.74 Å². The molecule has 0 spiro atoms. The Morgan fingerprint density at radius 1 is 0.765 bits per heavy atom. The van der Waals surface area contributed by atoms with Crippen molar-refractivity contribution in [3.05, 3.63) is 126 Å². The lowest BCUT2D eigenvalue weighted by Gasteiger charge is -2.08. The molecule has 2 aromatic carbocycles. The largest absolute Gasteiger partial charge is 0.489 e. The minimum atomic E-state index is -0.425. The number of aromatic nitrogens is 2. The number of pyridine rings is 2. The van der Waals surface area contributed by atoms with Crippen LogP contribution in [-0.4, -0.2) is 15.9 Å². The number of benzene rings is 2. The summed E-state index contributed by atoms with van der Waals surface area (Å²) in [5.41, 5.74) is 5.75. The van der Waals surface area contributed by atoms with Crippen LogP contribution in [0, 0.1) is 0 Å². The van der Waals surface area contributed by atoms with Gasteiger partial charge in [-0.05, 0) is 58.7 Å². The van der Waals surface area contributed by atoms with Crippen molar-refractivity contribution in [1.29, 1.82) is 0 Å². The van der Waals surface area contributed by atoms with Crippen LogP contribution >= 0.6 is 0 Å². The first kappa shape index (κ1) is 22.7. The van der Waals surface area contributed by atoms with E-state index in [1.807, 2.05) is 91.0 Å². The van der Waals surface area contributed by atoms with Crippen molar-refractivity contribution in [1.82, 2.24) is 9.97 Å². The number of nitrogens with zero attached hydrogens (tertiary/aromatic N) is 2. The van der Waals surface area contributed by atoms with Gasteiger partial charge in [0.15, 0.2) is 0 Å². The molecule has 0 aliphatic heterocycles. The third-order valence-corrected chi connectivity index (χ3v) is 5.03. The molecule has 0 radical (unpaired) electrons. The van der Waals surface area contributed by atoms with E-state index in [1.165, 1.54) is 0 Å². The molecule has 0 aliphatic rings. The molecule has 0 fully saturated rings. The predicted octanol–water partition coefficient (Wildman–Crippen LogP) is 6.12. The van der Waals surface area contributed by atoms with Crippen LogP contribution in [0.4, 0.5) is 0 Å². The zero-order chi connectivity index (χ0) is 23.6. The molecule has 0 atom stereocenters. The summed E-state index contributed by atoms with van der Waals surface area (Å²) in [6.45, 7) is 4.07. The highest BCUT2D eigenvalue weighted by atomic mass is 16.5. The van der Waals surface area contributed by atoms with Crippen LogP contribution in [0.3, 0.4) is 0 Å². The van der Waals surface area contributed by atoms with Gasteiger partial charge in [-0.3, -0.25) is 9.97 Å². The van der Waals surface area contributed by atoms with Crippen LogP contribution in [0.1, 0.15) is 22.3 Å². The van der Waals surface area contributed by atoms with E-state index in [-0.39, 0.29) is 6.61 Å². The fourth-order valence-electron chi connectivity index (χ4n) is 3.19. The fraction of sp³-hybridized carbons (Fsp3) is 0.0690. The van der Waals surface area contributed by atoms with Gasteiger partial charge in [-0.2, -0.15) is 0 Å². The molecule has 4 rings (SSSR count). The second-order valence-electron chi connectivity index (χ2n) is 7.51. The second kappa shape index (κ2) is 11.4. The van der Waals surface area contributed by atoms with Gasteiger partial charge in [0, 0.05) is 18.5 Å². The van der Waals surface area contributed by atoms with Gasteiger partial charge in [0.05, 0.1) is 11.4 Å². The van der Waals surface area contributed by atoms with Crippen molar-refractivity contribution in [2.24, 2.45) is 0 Å². The summed E-state index contributed by atoms with van der Waals surface area (Å²) in [4.78, 5) is 19.9. The van der Waals surface area contributed by atoms with Crippen molar-refractivity contribution in [3.63, 3.8) is 0 Å². The molecular formula is C29H24N2O3. The molecule has 0 unspecified atom stereocenters. The molecule has 0 amide bonds. The van der Waals surface area contributed by atoms with Crippen LogP contribution in [-0.2, 0) is 22.7 Å². The third-order valence-electron chi connectivity index (χ3n) is 5.03. The Morgan fingerprint density at radius 2 is 1.47 bits per heavy atom. The van der Waals surface area contributed by atoms with Crippen LogP contribution in [0.15, 0.2) is 104 Å². The van der Waals surface area contributed by atoms with Crippen molar-refractivity contribution in [2.45, 2.75) is 13.2 Å². The lowest BCUT2D eigenvalue weighted by Crippen LogP contribution is -1.99. The average molecular weight is 449 g/mol. The molecule has 0 N–H and O–H groups in total. The molecule has 34 heavy (non-hydrogen) atoms. The SMILES string of the molecule is C=CC(=O)OCc1ccc(C=Cc2ccc(OCc3ccnc(-c4ccccn4)c3)cc2)cc1. The maximum Gasteiger partial charge on any atom is 0.330 e. The third kappa shape index (κ3) is 6.50. The Bertz CT molecular complexity index is 1270. The molecule has 4 aromatic rings. The first-order valence-corrected chi connectivity index (χ1v) is 10.8. The summed E-state index contributed by atoms with van der Waals surface area (Å²) in [5.74, 6) is 0.373. The maximum absolute atomic E-state index is 11.2. The minimum absolute atomic E-state index is 0.236. The Labute approximate surface area is 199 Å². The van der Waals surface area contributed by atoms with Gasteiger partial charge >= 0.3 is 5.97 Å². The van der Waals surface area contributed by atoms with Gasteiger partial charge in [0.25, 0.3) is 0 Å². The summed E-state index contributed by atoms with van der Waals surface area (Å²) in [7, 11) is 0. The van der Waals surface area contributed by atoms with E-state index in [4.69, 9.17) is 9.47 Å². The first-order valence-electron chi connectivity index (χ1n) is 10.8. The topological polar surface area (TPSA) is 61.3 Å². The monoisotopic (exact) mass is 448 g/mol. The number of hydrogen-bond acceptors (Lipinski definition) is 5. The highest BCUT2D eigenvalue weighted by Gasteiger charge is 2.03. The average Bonchev–Trinajstić information content (AvgIpc) is 2.91. The Hall–Kier alpha value is -4.51. The lowest BCUT2D eigenvalue weighted by atomic mass is 10.1. The number of carbonyl (C=O) groups excluding carboxylic acids is 1. The molecule has 5 nitrogen and oxygen atoms in total. The second-order valence-corrected chi connectivity index (χ2v) is 7.51. The minimum Gasteiger partial charge on any atom is -0.489 e. The number of carbonyl (C=O) groups is 1. The van der Waals surface area contributed by atoms with Crippen molar-refractivity contribution < 1.29 is 14.3 Å². The number of ether oxygens (including phenoxy) is 2. The van der Waals surface area contributed by atoms with Crippen LogP contribution in [0.2, 0.25) is 0 Å². The lowest BCUT2D eigenvalue weighted by molar-refractivity contribution is -0.138. The summed E-state index contributed by atoms with van der Waals surface area (Å²) < 4.78 is 11.0. The van der Waals surface area contributed by atoms with E-state index in [1.54, 1.807) is 12.4 Å². The van der Waals surface area contributed by atoms with E-state index in [2.05, 4.69) is 16.5 Å². The highest BCUT2D eigenvalue weighted by molar-refractivity contribution is 5.81. The van der Waals surface area contributed by atoms with E-state index >= 15 is 0 Å². The summed E-state index contributed by atoms with van der Waals surface area (Å²) >= 11 is 0. The van der Waals surface area contributed by atoms with Gasteiger partial charge in [0.2, 0.25) is 0 Å². The molecule has 0 saturated heterocycles. The smallest absolute Gasteiger partial charge is 0.330 e. The molecule has 5 heteroatoms. The van der Waals surface area contributed by atoms with Gasteiger partial charge in [0.1, 0.15) is 19.0 Å². The number of hydrogen-bond donors (Lipinski definition) is 0. The Kier molecular flexibility index (Phi) is 7.59. The van der Waals surface area contributed by atoms with Crippen molar-refractivity contribution in [3.8, 4) is 17.1 Å². The van der Waals surface area contributed by atoms with E-state index in [9.17, 15) is 4.79 Å². The highest BCUT2D eigenvalue weighted by Crippen LogP contribution is 2.19. The zero-order valence-electron chi connectivity index (χ0n) is 18.6. The van der Waals surface area contributed by atoms with Crippen molar-refractivity contribution in [2.75, 3.05) is 0 Å². The van der Waals surface area contributed by atoms with Gasteiger partial charge in [-0.1, -0.05) is 61.2 Å². The normalized spacial score (nSPS) is 10.7. The van der Waals surface area contributed by atoms with Crippen LogP contribution in [0.5, 0.6) is 5.75 Å². The molecule has 0 aliphatic carbocycles. The van der Waals surface area contributed by atoms with E-state index in [0.717, 1.165) is 45.5 Å². The Balaban J connectivity index is 1.31. The van der Waals surface area contributed by atoms with Gasteiger partial charge in [-0.25, -0.2) is 4.79 Å². The number of esters is 1. The first-order chi connectivity index (χ1) is 16.7. The zero-order valence-corrected chi connectivity index (χ0v) is 18.6. The summed E-state index contributed by atoms with van der Waals surface area (Å²) in [6, 6.07) is 25.5.